The van der Waals surface area contributed by atoms with Crippen LogP contribution in [0, 0.1) is 17.8 Å². The first-order valence-electron chi connectivity index (χ1n) is 8.17. The van der Waals surface area contributed by atoms with Crippen molar-refractivity contribution in [2.75, 3.05) is 26.2 Å². The molecule has 2 atom stereocenters. The van der Waals surface area contributed by atoms with Crippen LogP contribution >= 0.6 is 0 Å². The minimum Gasteiger partial charge on any atom is -0.550 e. The summed E-state index contributed by atoms with van der Waals surface area (Å²) in [5, 5.41) is 14.6. The third kappa shape index (κ3) is 6.29. The van der Waals surface area contributed by atoms with E-state index in [0.717, 1.165) is 25.9 Å². The maximum Gasteiger partial charge on any atom is 1.00 e. The SMILES string of the molecule is CC(C)(C)OC(=O)N1CCC(C2CNCCC2C(=O)[O-])CC1.[K+]. The molecule has 2 saturated heterocycles. The van der Waals surface area contributed by atoms with E-state index in [2.05, 4.69) is 5.32 Å². The molecule has 1 N–H and O–H groups in total. The fourth-order valence-electron chi connectivity index (χ4n) is 3.51. The molecular weight excluding hydrogens is 323 g/mol. The van der Waals surface area contributed by atoms with Crippen LogP contribution in [0.25, 0.3) is 0 Å². The molecule has 6 nitrogen and oxygen atoms in total. The first-order valence-corrected chi connectivity index (χ1v) is 8.17. The van der Waals surface area contributed by atoms with Crippen LogP contribution in [0.4, 0.5) is 4.79 Å². The molecule has 0 aromatic heterocycles. The number of piperidine rings is 2. The number of hydrogen-bond acceptors (Lipinski definition) is 5. The first kappa shape index (κ1) is 21.4. The van der Waals surface area contributed by atoms with E-state index in [1.54, 1.807) is 4.90 Å². The molecule has 2 rings (SSSR count). The smallest absolute Gasteiger partial charge is 0.550 e. The normalized spacial score (nSPS) is 26.3. The van der Waals surface area contributed by atoms with E-state index in [1.807, 2.05) is 20.8 Å². The standard InChI is InChI=1S/C16H28N2O4.K/c1-16(2,3)22-15(21)18-8-5-11(6-9-18)13-10-17-7-4-12(13)14(19)20;/h11-13,17H,4-10H2,1-3H3,(H,19,20);/q;+1/p-1. The van der Waals surface area contributed by atoms with Gasteiger partial charge in [-0.15, -0.1) is 0 Å². The minimum absolute atomic E-state index is 0. The zero-order chi connectivity index (χ0) is 16.3. The van der Waals surface area contributed by atoms with Gasteiger partial charge in [0.05, 0.1) is 0 Å². The van der Waals surface area contributed by atoms with Crippen molar-refractivity contribution in [3.8, 4) is 0 Å². The van der Waals surface area contributed by atoms with Gasteiger partial charge in [-0.25, -0.2) is 4.79 Å². The van der Waals surface area contributed by atoms with Gasteiger partial charge in [0.25, 0.3) is 0 Å². The van der Waals surface area contributed by atoms with Crippen LogP contribution in [-0.4, -0.2) is 48.7 Å². The van der Waals surface area contributed by atoms with Crippen LogP contribution in [0.1, 0.15) is 40.0 Å². The largest absolute Gasteiger partial charge is 1.00 e. The molecule has 2 aliphatic rings. The topological polar surface area (TPSA) is 81.7 Å². The number of aliphatic carboxylic acids is 1. The number of likely N-dealkylation sites (tertiary alicyclic amines) is 1. The molecule has 1 amide bonds. The number of carboxylic acid groups (broad SMARTS) is 1. The van der Waals surface area contributed by atoms with Crippen molar-refractivity contribution in [3.63, 3.8) is 0 Å². The molecule has 0 saturated carbocycles. The van der Waals surface area contributed by atoms with Crippen LogP contribution in [0.2, 0.25) is 0 Å². The van der Waals surface area contributed by atoms with Crippen LogP contribution in [0.5, 0.6) is 0 Å². The van der Waals surface area contributed by atoms with E-state index in [0.29, 0.717) is 25.4 Å². The number of ether oxygens (including phenoxy) is 1. The average molecular weight is 351 g/mol. The predicted molar refractivity (Wildman–Crippen MR) is 80.0 cm³/mol. The van der Waals surface area contributed by atoms with Crippen molar-refractivity contribution < 1.29 is 70.8 Å². The van der Waals surface area contributed by atoms with Crippen molar-refractivity contribution in [2.24, 2.45) is 17.8 Å². The molecule has 0 bridgehead atoms. The number of nitrogens with zero attached hydrogens (tertiary/aromatic N) is 1. The van der Waals surface area contributed by atoms with E-state index < -0.39 is 11.6 Å². The van der Waals surface area contributed by atoms with Gasteiger partial charge in [-0.1, -0.05) is 0 Å². The summed E-state index contributed by atoms with van der Waals surface area (Å²) in [5.41, 5.74) is -0.485. The molecule has 2 aliphatic heterocycles. The third-order valence-electron chi connectivity index (χ3n) is 4.63. The van der Waals surface area contributed by atoms with E-state index in [1.165, 1.54) is 0 Å². The summed E-state index contributed by atoms with van der Waals surface area (Å²) < 4.78 is 5.39. The van der Waals surface area contributed by atoms with E-state index in [-0.39, 0.29) is 69.3 Å². The summed E-state index contributed by atoms with van der Waals surface area (Å²) >= 11 is 0. The summed E-state index contributed by atoms with van der Waals surface area (Å²) in [6.07, 6.45) is 2.02. The number of rotatable bonds is 2. The molecule has 7 heteroatoms. The Morgan fingerprint density at radius 3 is 2.30 bits per heavy atom. The summed E-state index contributed by atoms with van der Waals surface area (Å²) in [6.45, 7) is 8.31. The second-order valence-corrected chi connectivity index (χ2v) is 7.39. The molecule has 0 aromatic carbocycles. The monoisotopic (exact) mass is 350 g/mol. The second kappa shape index (κ2) is 9.15. The zero-order valence-electron chi connectivity index (χ0n) is 14.8. The van der Waals surface area contributed by atoms with Crippen LogP contribution in [-0.2, 0) is 9.53 Å². The molecule has 126 valence electrons. The van der Waals surface area contributed by atoms with Gasteiger partial charge in [0.2, 0.25) is 0 Å². The molecule has 23 heavy (non-hydrogen) atoms. The minimum atomic E-state index is -0.930. The average Bonchev–Trinajstić information content (AvgIpc) is 2.45. The third-order valence-corrected chi connectivity index (χ3v) is 4.63. The number of nitrogens with one attached hydrogen (secondary N) is 1. The second-order valence-electron chi connectivity index (χ2n) is 7.39. The summed E-state index contributed by atoms with van der Waals surface area (Å²) in [7, 11) is 0. The van der Waals surface area contributed by atoms with Crippen molar-refractivity contribution in [1.29, 1.82) is 0 Å². The number of carboxylic acids is 1. The Morgan fingerprint density at radius 2 is 1.78 bits per heavy atom. The van der Waals surface area contributed by atoms with Gasteiger partial charge in [-0.2, -0.15) is 0 Å². The maximum atomic E-state index is 12.1. The molecule has 2 fully saturated rings. The van der Waals surface area contributed by atoms with Gasteiger partial charge in [-0.05, 0) is 65.0 Å². The van der Waals surface area contributed by atoms with Crippen molar-refractivity contribution in [3.05, 3.63) is 0 Å². The van der Waals surface area contributed by atoms with Gasteiger partial charge in [0, 0.05) is 25.0 Å². The van der Waals surface area contributed by atoms with Crippen molar-refractivity contribution >= 4 is 12.1 Å². The molecule has 0 aliphatic carbocycles. The van der Waals surface area contributed by atoms with Gasteiger partial charge in [0.1, 0.15) is 5.60 Å². The number of amides is 1. The Kier molecular flexibility index (Phi) is 8.51. The summed E-state index contributed by atoms with van der Waals surface area (Å²) in [6, 6.07) is 0. The summed E-state index contributed by atoms with van der Waals surface area (Å²) in [5.74, 6) is -0.852. The molecule has 0 spiro atoms. The molecule has 2 heterocycles. The Balaban J connectivity index is 0.00000264. The van der Waals surface area contributed by atoms with Crippen molar-refractivity contribution in [2.45, 2.75) is 45.6 Å². The maximum absolute atomic E-state index is 12.1. The van der Waals surface area contributed by atoms with E-state index in [9.17, 15) is 14.7 Å². The Morgan fingerprint density at radius 1 is 1.17 bits per heavy atom. The van der Waals surface area contributed by atoms with Gasteiger partial charge in [-0.3, -0.25) is 0 Å². The molecule has 2 unspecified atom stereocenters. The fourth-order valence-corrected chi connectivity index (χ4v) is 3.51. The van der Waals surface area contributed by atoms with E-state index >= 15 is 0 Å². The molecular formula is C16H27KN2O4. The van der Waals surface area contributed by atoms with Crippen molar-refractivity contribution in [1.82, 2.24) is 10.2 Å². The predicted octanol–water partition coefficient (Wildman–Crippen LogP) is -2.39. The van der Waals surface area contributed by atoms with Crippen LogP contribution in [0.15, 0.2) is 0 Å². The van der Waals surface area contributed by atoms with E-state index in [4.69, 9.17) is 4.74 Å². The Labute approximate surface area is 181 Å². The number of carbonyl (C=O) groups is 2. The number of carbonyl (C=O) groups excluding carboxylic acids is 2. The van der Waals surface area contributed by atoms with Crippen LogP contribution in [0.3, 0.4) is 0 Å². The zero-order valence-corrected chi connectivity index (χ0v) is 17.9. The van der Waals surface area contributed by atoms with Gasteiger partial charge >= 0.3 is 57.5 Å². The van der Waals surface area contributed by atoms with Gasteiger partial charge in [0.15, 0.2) is 0 Å². The molecule has 0 aromatic rings. The fraction of sp³-hybridized carbons (Fsp3) is 0.875. The number of hydrogen-bond donors (Lipinski definition) is 1. The van der Waals surface area contributed by atoms with Crippen LogP contribution < -0.4 is 61.8 Å². The molecule has 0 radical (unpaired) electrons. The Hall–Kier alpha value is 0.336. The quantitative estimate of drug-likeness (QED) is 0.562. The Bertz CT molecular complexity index is 417. The van der Waals surface area contributed by atoms with Gasteiger partial charge < -0.3 is 24.9 Å². The summed E-state index contributed by atoms with van der Waals surface area (Å²) in [4.78, 5) is 25.1. The first-order chi connectivity index (χ1) is 10.3.